The number of fused-ring (bicyclic) bond motifs is 1. The van der Waals surface area contributed by atoms with Gasteiger partial charge in [0.1, 0.15) is 17.5 Å². The van der Waals surface area contributed by atoms with Crippen LogP contribution in [0, 0.1) is 17.1 Å². The first-order valence-corrected chi connectivity index (χ1v) is 7.02. The molecule has 0 aliphatic carbocycles. The molecular formula is C16H13FN4O3. The Hall–Kier alpha value is -3.34. The fourth-order valence-electron chi connectivity index (χ4n) is 2.68. The number of aromatic nitrogens is 2. The number of nitriles is 1. The lowest BCUT2D eigenvalue weighted by atomic mass is 9.83. The molecule has 0 bridgehead atoms. The maximum atomic E-state index is 13.7. The van der Waals surface area contributed by atoms with E-state index in [-0.39, 0.29) is 23.8 Å². The number of nitrogens with zero attached hydrogens (tertiary/aromatic N) is 2. The summed E-state index contributed by atoms with van der Waals surface area (Å²) in [6, 6.07) is 7.80. The number of allylic oxidation sites excluding steroid dienone is 1. The van der Waals surface area contributed by atoms with E-state index in [9.17, 15) is 14.4 Å². The van der Waals surface area contributed by atoms with E-state index in [1.807, 2.05) is 6.07 Å². The molecule has 0 saturated heterocycles. The number of methoxy groups -OCH3 is 1. The minimum Gasteiger partial charge on any atom is -0.469 e. The Morgan fingerprint density at radius 1 is 1.58 bits per heavy atom. The van der Waals surface area contributed by atoms with Crippen molar-refractivity contribution in [3.63, 3.8) is 0 Å². The molecule has 1 atom stereocenters. The molecule has 2 heterocycles. The molecule has 3 rings (SSSR count). The molecule has 0 amide bonds. The highest BCUT2D eigenvalue weighted by Crippen LogP contribution is 2.42. The van der Waals surface area contributed by atoms with Crippen molar-refractivity contribution in [3.8, 4) is 11.9 Å². The zero-order valence-corrected chi connectivity index (χ0v) is 12.7. The zero-order chi connectivity index (χ0) is 17.3. The zero-order valence-electron chi connectivity index (χ0n) is 12.7. The highest BCUT2D eigenvalue weighted by Gasteiger charge is 2.35. The van der Waals surface area contributed by atoms with Crippen LogP contribution in [0.4, 0.5) is 4.39 Å². The number of carbonyl (C=O) groups excluding carboxylic acids is 1. The number of ether oxygens (including phenoxy) is 2. The number of hydrogen-bond donors (Lipinski definition) is 2. The first-order chi connectivity index (χ1) is 11.5. The van der Waals surface area contributed by atoms with Crippen molar-refractivity contribution < 1.29 is 18.7 Å². The van der Waals surface area contributed by atoms with Gasteiger partial charge in [-0.2, -0.15) is 5.26 Å². The average Bonchev–Trinajstić information content (AvgIpc) is 2.95. The van der Waals surface area contributed by atoms with Gasteiger partial charge in [0.25, 0.3) is 0 Å². The van der Waals surface area contributed by atoms with Crippen LogP contribution in [0.25, 0.3) is 0 Å². The van der Waals surface area contributed by atoms with Gasteiger partial charge in [-0.3, -0.25) is 9.89 Å². The average molecular weight is 328 g/mol. The molecule has 0 radical (unpaired) electrons. The number of hydrogen-bond acceptors (Lipinski definition) is 6. The number of nitrogens with one attached hydrogen (secondary N) is 1. The second-order valence-corrected chi connectivity index (χ2v) is 5.15. The van der Waals surface area contributed by atoms with Crippen LogP contribution in [0.2, 0.25) is 0 Å². The van der Waals surface area contributed by atoms with Crippen molar-refractivity contribution in [2.24, 2.45) is 5.73 Å². The monoisotopic (exact) mass is 328 g/mol. The van der Waals surface area contributed by atoms with Crippen LogP contribution in [0.1, 0.15) is 22.7 Å². The smallest absolute Gasteiger partial charge is 0.311 e. The van der Waals surface area contributed by atoms with Crippen molar-refractivity contribution in [2.45, 2.75) is 12.3 Å². The maximum absolute atomic E-state index is 13.7. The predicted octanol–water partition coefficient (Wildman–Crippen LogP) is 1.48. The first kappa shape index (κ1) is 15.6. The third-order valence-corrected chi connectivity index (χ3v) is 3.75. The molecule has 0 spiro atoms. The highest BCUT2D eigenvalue weighted by molar-refractivity contribution is 5.73. The summed E-state index contributed by atoms with van der Waals surface area (Å²) in [5.74, 6) is -1.57. The number of H-pyrrole nitrogens is 1. The molecule has 2 aromatic rings. The molecule has 24 heavy (non-hydrogen) atoms. The van der Waals surface area contributed by atoms with Gasteiger partial charge in [0.15, 0.2) is 0 Å². The molecule has 0 fully saturated rings. The number of halogens is 1. The maximum Gasteiger partial charge on any atom is 0.311 e. The summed E-state index contributed by atoms with van der Waals surface area (Å²) < 4.78 is 23.7. The molecule has 1 aliphatic rings. The molecule has 7 nitrogen and oxygen atoms in total. The first-order valence-electron chi connectivity index (χ1n) is 7.02. The van der Waals surface area contributed by atoms with Crippen LogP contribution in [-0.4, -0.2) is 23.3 Å². The van der Waals surface area contributed by atoms with Gasteiger partial charge in [0.2, 0.25) is 11.8 Å². The van der Waals surface area contributed by atoms with Crippen molar-refractivity contribution in [3.05, 3.63) is 58.4 Å². The minimum atomic E-state index is -0.687. The second kappa shape index (κ2) is 6.04. The van der Waals surface area contributed by atoms with E-state index in [1.54, 1.807) is 6.07 Å². The standard InChI is InChI=1S/C16H13FN4O3/c1-23-12(22)6-11-14-13(8-3-2-4-9(17)5-8)10(7-18)15(19)24-16(14)21-20-11/h2-5,13H,6,19H2,1H3,(H,20,21)/t13-/m0/s1. The summed E-state index contributed by atoms with van der Waals surface area (Å²) in [7, 11) is 1.27. The van der Waals surface area contributed by atoms with Gasteiger partial charge in [-0.25, -0.2) is 4.39 Å². The summed E-state index contributed by atoms with van der Waals surface area (Å²) >= 11 is 0. The minimum absolute atomic E-state index is 0.0907. The van der Waals surface area contributed by atoms with E-state index in [0.717, 1.165) is 0 Å². The number of aromatic amines is 1. The van der Waals surface area contributed by atoms with E-state index < -0.39 is 17.7 Å². The van der Waals surface area contributed by atoms with Crippen LogP contribution >= 0.6 is 0 Å². The van der Waals surface area contributed by atoms with Crippen molar-refractivity contribution in [2.75, 3.05) is 7.11 Å². The molecule has 8 heteroatoms. The Labute approximate surface area is 136 Å². The van der Waals surface area contributed by atoms with E-state index in [0.29, 0.717) is 16.8 Å². The van der Waals surface area contributed by atoms with E-state index in [2.05, 4.69) is 14.9 Å². The van der Waals surface area contributed by atoms with Crippen LogP contribution in [-0.2, 0) is 16.0 Å². The lowest BCUT2D eigenvalue weighted by Gasteiger charge is -2.24. The van der Waals surface area contributed by atoms with E-state index in [1.165, 1.54) is 25.3 Å². The van der Waals surface area contributed by atoms with Crippen LogP contribution < -0.4 is 10.5 Å². The van der Waals surface area contributed by atoms with Crippen LogP contribution in [0.5, 0.6) is 5.88 Å². The lowest BCUT2D eigenvalue weighted by molar-refractivity contribution is -0.139. The number of esters is 1. The summed E-state index contributed by atoms with van der Waals surface area (Å²) in [4.78, 5) is 11.6. The topological polar surface area (TPSA) is 114 Å². The van der Waals surface area contributed by atoms with Gasteiger partial charge >= 0.3 is 5.97 Å². The molecule has 0 saturated carbocycles. The summed E-state index contributed by atoms with van der Waals surface area (Å²) in [6.45, 7) is 0. The van der Waals surface area contributed by atoms with Gasteiger partial charge in [-0.05, 0) is 17.7 Å². The predicted molar refractivity (Wildman–Crippen MR) is 80.0 cm³/mol. The Morgan fingerprint density at radius 3 is 3.04 bits per heavy atom. The van der Waals surface area contributed by atoms with Crippen molar-refractivity contribution in [1.82, 2.24) is 10.2 Å². The Balaban J connectivity index is 2.17. The van der Waals surface area contributed by atoms with Crippen molar-refractivity contribution >= 4 is 5.97 Å². The van der Waals surface area contributed by atoms with Crippen molar-refractivity contribution in [1.29, 1.82) is 5.26 Å². The molecule has 1 aromatic carbocycles. The molecule has 1 aliphatic heterocycles. The lowest BCUT2D eigenvalue weighted by Crippen LogP contribution is -2.22. The largest absolute Gasteiger partial charge is 0.469 e. The third-order valence-electron chi connectivity index (χ3n) is 3.75. The second-order valence-electron chi connectivity index (χ2n) is 5.15. The Kier molecular flexibility index (Phi) is 3.92. The van der Waals surface area contributed by atoms with E-state index >= 15 is 0 Å². The van der Waals surface area contributed by atoms with Gasteiger partial charge in [0, 0.05) is 0 Å². The molecular weight excluding hydrogens is 315 g/mol. The van der Waals surface area contributed by atoms with Gasteiger partial charge in [0.05, 0.1) is 30.7 Å². The molecule has 1 aromatic heterocycles. The molecule has 3 N–H and O–H groups in total. The number of benzene rings is 1. The SMILES string of the molecule is COC(=O)Cc1[nH]nc2c1[C@@H](c1cccc(F)c1)C(C#N)=C(N)O2. The van der Waals surface area contributed by atoms with Gasteiger partial charge < -0.3 is 15.2 Å². The van der Waals surface area contributed by atoms with Gasteiger partial charge in [-0.15, -0.1) is 5.10 Å². The number of carbonyl (C=O) groups is 1. The molecule has 122 valence electrons. The fourth-order valence-corrected chi connectivity index (χ4v) is 2.68. The highest BCUT2D eigenvalue weighted by atomic mass is 19.1. The summed E-state index contributed by atoms with van der Waals surface area (Å²) in [6.07, 6.45) is -0.0907. The van der Waals surface area contributed by atoms with Crippen LogP contribution in [0.3, 0.4) is 0 Å². The Bertz CT molecular complexity index is 882. The molecule has 0 unspecified atom stereocenters. The summed E-state index contributed by atoms with van der Waals surface area (Å²) in [5.41, 5.74) is 7.33. The van der Waals surface area contributed by atoms with Gasteiger partial charge in [-0.1, -0.05) is 12.1 Å². The normalized spacial score (nSPS) is 16.1. The number of nitrogens with two attached hydrogens (primary N) is 1. The fraction of sp³-hybridized carbons (Fsp3) is 0.188. The van der Waals surface area contributed by atoms with E-state index in [4.69, 9.17) is 10.5 Å². The Morgan fingerprint density at radius 2 is 2.38 bits per heavy atom. The van der Waals surface area contributed by atoms with Crippen LogP contribution in [0.15, 0.2) is 35.7 Å². The third kappa shape index (κ3) is 2.56. The quantitative estimate of drug-likeness (QED) is 0.825. The number of rotatable bonds is 3. The summed E-state index contributed by atoms with van der Waals surface area (Å²) in [5, 5.41) is 16.1.